The topological polar surface area (TPSA) is 105 Å². The van der Waals surface area contributed by atoms with Crippen LogP contribution in [0.4, 0.5) is 0 Å². The molecule has 146 valence electrons. The van der Waals surface area contributed by atoms with Crippen molar-refractivity contribution in [1.29, 1.82) is 0 Å². The minimum absolute atomic E-state index is 0.0501. The van der Waals surface area contributed by atoms with E-state index in [1.807, 2.05) is 6.92 Å². The SMILES string of the molecule is Cc1cc(Cl)ccc1O[C@@H](C)C(=O)NNC(=O)[C@H]1[C@H]2CC[C@@H](C2)[C@@H]1C(=O)O. The van der Waals surface area contributed by atoms with Gasteiger partial charge in [0.15, 0.2) is 6.10 Å². The third-order valence-electron chi connectivity index (χ3n) is 5.62. The van der Waals surface area contributed by atoms with Crippen LogP contribution in [0.5, 0.6) is 5.75 Å². The number of amides is 2. The smallest absolute Gasteiger partial charge is 0.307 e. The molecule has 0 radical (unpaired) electrons. The fourth-order valence-corrected chi connectivity index (χ4v) is 4.55. The number of carboxylic acids is 1. The highest BCUT2D eigenvalue weighted by Gasteiger charge is 2.54. The van der Waals surface area contributed by atoms with Crippen LogP contribution in [0.25, 0.3) is 0 Å². The van der Waals surface area contributed by atoms with Crippen LogP contribution in [-0.4, -0.2) is 29.0 Å². The summed E-state index contributed by atoms with van der Waals surface area (Å²) in [5, 5.41) is 10.0. The van der Waals surface area contributed by atoms with E-state index >= 15 is 0 Å². The third kappa shape index (κ3) is 4.03. The number of aryl methyl sites for hydroxylation is 1. The molecule has 3 rings (SSSR count). The monoisotopic (exact) mass is 394 g/mol. The van der Waals surface area contributed by atoms with E-state index in [4.69, 9.17) is 16.3 Å². The van der Waals surface area contributed by atoms with Crippen molar-refractivity contribution in [3.05, 3.63) is 28.8 Å². The lowest BCUT2D eigenvalue weighted by Gasteiger charge is -2.27. The molecule has 27 heavy (non-hydrogen) atoms. The molecule has 8 heteroatoms. The predicted octanol–water partition coefficient (Wildman–Crippen LogP) is 2.31. The Morgan fingerprint density at radius 2 is 1.85 bits per heavy atom. The number of aliphatic carboxylic acids is 1. The number of hydrazine groups is 1. The summed E-state index contributed by atoms with van der Waals surface area (Å²) in [5.41, 5.74) is 5.52. The van der Waals surface area contributed by atoms with Gasteiger partial charge in [0.1, 0.15) is 5.75 Å². The summed E-state index contributed by atoms with van der Waals surface area (Å²) in [4.78, 5) is 36.2. The average Bonchev–Trinajstić information content (AvgIpc) is 3.22. The standard InChI is InChI=1S/C19H23ClN2O5/c1-9-7-13(20)5-6-14(9)27-10(2)17(23)21-22-18(24)15-11-3-4-12(8-11)16(15)19(25)26/h5-7,10-12,15-16H,3-4,8H2,1-2H3,(H,21,23)(H,22,24)(H,25,26)/t10-,11-,12-,15-,16-/m0/s1. The number of fused-ring (bicyclic) bond motifs is 2. The molecule has 0 heterocycles. The molecule has 2 aliphatic rings. The number of ether oxygens (including phenoxy) is 1. The maximum Gasteiger partial charge on any atom is 0.307 e. The number of carboxylic acid groups (broad SMARTS) is 1. The van der Waals surface area contributed by atoms with E-state index in [2.05, 4.69) is 10.9 Å². The fraction of sp³-hybridized carbons (Fsp3) is 0.526. The van der Waals surface area contributed by atoms with Crippen LogP contribution >= 0.6 is 11.6 Å². The van der Waals surface area contributed by atoms with Gasteiger partial charge in [-0.05, 0) is 68.7 Å². The van der Waals surface area contributed by atoms with E-state index in [1.54, 1.807) is 25.1 Å². The highest BCUT2D eigenvalue weighted by Crippen LogP contribution is 2.52. The van der Waals surface area contributed by atoms with Crippen LogP contribution in [0.3, 0.4) is 0 Å². The molecular weight excluding hydrogens is 372 g/mol. The van der Waals surface area contributed by atoms with E-state index in [0.717, 1.165) is 24.8 Å². The second-order valence-electron chi connectivity index (χ2n) is 7.37. The molecule has 2 bridgehead atoms. The number of hydrogen-bond acceptors (Lipinski definition) is 4. The first-order valence-electron chi connectivity index (χ1n) is 9.03. The fourth-order valence-electron chi connectivity index (χ4n) is 4.32. The highest BCUT2D eigenvalue weighted by molar-refractivity contribution is 6.30. The second kappa shape index (κ2) is 7.76. The largest absolute Gasteiger partial charge is 0.481 e. The van der Waals surface area contributed by atoms with Crippen molar-refractivity contribution in [1.82, 2.24) is 10.9 Å². The Morgan fingerprint density at radius 3 is 2.48 bits per heavy atom. The molecule has 7 nitrogen and oxygen atoms in total. The van der Waals surface area contributed by atoms with Crippen LogP contribution in [-0.2, 0) is 14.4 Å². The first-order chi connectivity index (χ1) is 12.8. The first-order valence-corrected chi connectivity index (χ1v) is 9.41. The molecule has 2 fully saturated rings. The van der Waals surface area contributed by atoms with Gasteiger partial charge in [-0.15, -0.1) is 0 Å². The van der Waals surface area contributed by atoms with Gasteiger partial charge in [-0.25, -0.2) is 0 Å². The molecule has 1 aromatic carbocycles. The molecule has 2 aliphatic carbocycles. The summed E-state index contributed by atoms with van der Waals surface area (Å²) < 4.78 is 5.61. The first kappa shape index (κ1) is 19.5. The lowest BCUT2D eigenvalue weighted by Crippen LogP contribution is -2.51. The van der Waals surface area contributed by atoms with Crippen LogP contribution in [0.1, 0.15) is 31.7 Å². The number of hydrogen-bond donors (Lipinski definition) is 3. The summed E-state index contributed by atoms with van der Waals surface area (Å²) in [5.74, 6) is -2.55. The molecule has 2 amide bonds. The Bertz CT molecular complexity index is 768. The van der Waals surface area contributed by atoms with E-state index in [0.29, 0.717) is 10.8 Å². The zero-order valence-electron chi connectivity index (χ0n) is 15.2. The Kier molecular flexibility index (Phi) is 5.60. The van der Waals surface area contributed by atoms with E-state index in [9.17, 15) is 19.5 Å². The lowest BCUT2D eigenvalue weighted by atomic mass is 9.79. The molecule has 1 aromatic rings. The van der Waals surface area contributed by atoms with Crippen molar-refractivity contribution in [2.45, 2.75) is 39.2 Å². The average molecular weight is 395 g/mol. The van der Waals surface area contributed by atoms with Gasteiger partial charge < -0.3 is 9.84 Å². The Labute approximate surface area is 162 Å². The molecule has 0 saturated heterocycles. The quantitative estimate of drug-likeness (QED) is 0.665. The number of carbonyl (C=O) groups excluding carboxylic acids is 2. The molecule has 2 saturated carbocycles. The van der Waals surface area contributed by atoms with Crippen molar-refractivity contribution < 1.29 is 24.2 Å². The summed E-state index contributed by atoms with van der Waals surface area (Å²) in [7, 11) is 0. The van der Waals surface area contributed by atoms with E-state index in [1.165, 1.54) is 0 Å². The van der Waals surface area contributed by atoms with Gasteiger partial charge in [0.05, 0.1) is 11.8 Å². The minimum atomic E-state index is -0.941. The zero-order valence-corrected chi connectivity index (χ0v) is 16.0. The van der Waals surface area contributed by atoms with Gasteiger partial charge in [-0.2, -0.15) is 0 Å². The molecule has 3 N–H and O–H groups in total. The van der Waals surface area contributed by atoms with Gasteiger partial charge in [0, 0.05) is 5.02 Å². The van der Waals surface area contributed by atoms with Crippen molar-refractivity contribution in [2.75, 3.05) is 0 Å². The summed E-state index contributed by atoms with van der Waals surface area (Å²) >= 11 is 5.90. The molecule has 0 unspecified atom stereocenters. The molecule has 0 aliphatic heterocycles. The number of rotatable bonds is 5. The summed E-state index contributed by atoms with van der Waals surface area (Å²) in [6.45, 7) is 3.38. The van der Waals surface area contributed by atoms with Crippen LogP contribution in [0.15, 0.2) is 18.2 Å². The second-order valence-corrected chi connectivity index (χ2v) is 7.81. The van der Waals surface area contributed by atoms with Crippen molar-refractivity contribution in [3.8, 4) is 5.75 Å². The van der Waals surface area contributed by atoms with Gasteiger partial charge >= 0.3 is 5.97 Å². The van der Waals surface area contributed by atoms with Crippen LogP contribution in [0, 0.1) is 30.6 Å². The predicted molar refractivity (Wildman–Crippen MR) is 98.0 cm³/mol. The van der Waals surface area contributed by atoms with Gasteiger partial charge in [-0.3, -0.25) is 25.2 Å². The Balaban J connectivity index is 1.55. The maximum absolute atomic E-state index is 12.5. The van der Waals surface area contributed by atoms with Crippen LogP contribution < -0.4 is 15.6 Å². The third-order valence-corrected chi connectivity index (χ3v) is 5.86. The summed E-state index contributed by atoms with van der Waals surface area (Å²) in [6.07, 6.45) is 1.62. The number of nitrogens with one attached hydrogen (secondary N) is 2. The van der Waals surface area contributed by atoms with Crippen LogP contribution in [0.2, 0.25) is 5.02 Å². The molecule has 0 aromatic heterocycles. The Hall–Kier alpha value is -2.28. The zero-order chi connectivity index (χ0) is 19.7. The molecule has 0 spiro atoms. The van der Waals surface area contributed by atoms with Crippen molar-refractivity contribution in [3.63, 3.8) is 0 Å². The number of carbonyl (C=O) groups is 3. The maximum atomic E-state index is 12.5. The van der Waals surface area contributed by atoms with Gasteiger partial charge in [0.2, 0.25) is 5.91 Å². The van der Waals surface area contributed by atoms with E-state index < -0.39 is 35.7 Å². The van der Waals surface area contributed by atoms with Crippen molar-refractivity contribution >= 4 is 29.4 Å². The van der Waals surface area contributed by atoms with E-state index in [-0.39, 0.29) is 11.8 Å². The lowest BCUT2D eigenvalue weighted by molar-refractivity contribution is -0.150. The number of benzene rings is 1. The van der Waals surface area contributed by atoms with Gasteiger partial charge in [0.25, 0.3) is 5.91 Å². The normalized spacial score (nSPS) is 27.1. The highest BCUT2D eigenvalue weighted by atomic mass is 35.5. The molecular formula is C19H23ClN2O5. The molecule has 5 atom stereocenters. The van der Waals surface area contributed by atoms with Crippen molar-refractivity contribution in [2.24, 2.45) is 23.7 Å². The Morgan fingerprint density at radius 1 is 1.19 bits per heavy atom. The number of halogens is 1. The minimum Gasteiger partial charge on any atom is -0.481 e. The summed E-state index contributed by atoms with van der Waals surface area (Å²) in [6, 6.07) is 5.06. The van der Waals surface area contributed by atoms with Gasteiger partial charge in [-0.1, -0.05) is 11.6 Å².